The number of halogens is 1. The summed E-state index contributed by atoms with van der Waals surface area (Å²) in [5.41, 5.74) is 4.75. The lowest BCUT2D eigenvalue weighted by Gasteiger charge is -2.12. The molecule has 2 aromatic carbocycles. The molecular formula is C21H18BrN3S. The van der Waals surface area contributed by atoms with Crippen LogP contribution in [0.1, 0.15) is 17.4 Å². The molecule has 4 rings (SSSR count). The maximum Gasteiger partial charge on any atom is 0.143 e. The third-order valence-corrected chi connectivity index (χ3v) is 5.99. The molecule has 0 aliphatic heterocycles. The van der Waals surface area contributed by atoms with Crippen LogP contribution in [0.25, 0.3) is 21.3 Å². The predicted molar refractivity (Wildman–Crippen MR) is 114 cm³/mol. The summed E-state index contributed by atoms with van der Waals surface area (Å²) in [5.74, 6) is 0.859. The molecule has 2 heterocycles. The Hall–Kier alpha value is -2.24. The Morgan fingerprint density at radius 1 is 1.04 bits per heavy atom. The first kappa shape index (κ1) is 17.2. The fourth-order valence-corrected chi connectivity index (χ4v) is 4.46. The molecule has 0 saturated carbocycles. The second-order valence-corrected chi connectivity index (χ2v) is 8.20. The number of nitrogens with zero attached hydrogens (tertiary/aromatic N) is 2. The highest BCUT2D eigenvalue weighted by Gasteiger charge is 2.17. The highest BCUT2D eigenvalue weighted by atomic mass is 79.9. The zero-order valence-electron chi connectivity index (χ0n) is 14.6. The molecule has 5 heteroatoms. The Morgan fingerprint density at radius 3 is 2.58 bits per heavy atom. The number of para-hydroxylation sites is 1. The van der Waals surface area contributed by atoms with Crippen molar-refractivity contribution in [3.63, 3.8) is 0 Å². The molecule has 0 bridgehead atoms. The zero-order chi connectivity index (χ0) is 18.1. The summed E-state index contributed by atoms with van der Waals surface area (Å²) in [5, 5.41) is 4.63. The molecule has 0 amide bonds. The van der Waals surface area contributed by atoms with E-state index in [0.29, 0.717) is 0 Å². The van der Waals surface area contributed by atoms with Crippen LogP contribution < -0.4 is 5.32 Å². The lowest BCUT2D eigenvalue weighted by atomic mass is 10.0. The summed E-state index contributed by atoms with van der Waals surface area (Å²) in [6, 6.07) is 16.8. The van der Waals surface area contributed by atoms with Crippen molar-refractivity contribution in [2.24, 2.45) is 0 Å². The van der Waals surface area contributed by atoms with Crippen LogP contribution in [0.3, 0.4) is 0 Å². The third-order valence-electron chi connectivity index (χ3n) is 4.45. The molecule has 3 nitrogen and oxygen atoms in total. The number of hydrogen-bond donors (Lipinski definition) is 1. The number of hydrogen-bond acceptors (Lipinski definition) is 4. The van der Waals surface area contributed by atoms with Crippen LogP contribution in [0, 0.1) is 6.92 Å². The van der Waals surface area contributed by atoms with Crippen LogP contribution in [-0.2, 0) is 6.42 Å². The van der Waals surface area contributed by atoms with Gasteiger partial charge in [0.2, 0.25) is 0 Å². The van der Waals surface area contributed by atoms with Gasteiger partial charge < -0.3 is 5.32 Å². The van der Waals surface area contributed by atoms with E-state index in [1.54, 1.807) is 17.7 Å². The Balaban J connectivity index is 1.89. The third kappa shape index (κ3) is 3.13. The van der Waals surface area contributed by atoms with E-state index in [0.717, 1.165) is 32.6 Å². The molecular weight excluding hydrogens is 406 g/mol. The van der Waals surface area contributed by atoms with E-state index < -0.39 is 0 Å². The normalized spacial score (nSPS) is 11.0. The second-order valence-electron chi connectivity index (χ2n) is 6.08. The molecule has 1 N–H and O–H groups in total. The van der Waals surface area contributed by atoms with Crippen molar-refractivity contribution in [3.8, 4) is 11.1 Å². The monoisotopic (exact) mass is 423 g/mol. The fourth-order valence-electron chi connectivity index (χ4n) is 3.18. The van der Waals surface area contributed by atoms with Crippen molar-refractivity contribution in [1.29, 1.82) is 0 Å². The zero-order valence-corrected chi connectivity index (χ0v) is 17.0. The first-order chi connectivity index (χ1) is 12.7. The summed E-state index contributed by atoms with van der Waals surface area (Å²) in [7, 11) is 0. The lowest BCUT2D eigenvalue weighted by Crippen LogP contribution is -1.98. The quantitative estimate of drug-likeness (QED) is 0.395. The molecule has 0 unspecified atom stereocenters. The van der Waals surface area contributed by atoms with Gasteiger partial charge >= 0.3 is 0 Å². The van der Waals surface area contributed by atoms with E-state index >= 15 is 0 Å². The molecule has 0 saturated heterocycles. The molecule has 0 radical (unpaired) electrons. The molecule has 4 aromatic rings. The van der Waals surface area contributed by atoms with Crippen molar-refractivity contribution < 1.29 is 0 Å². The van der Waals surface area contributed by atoms with Gasteiger partial charge in [-0.1, -0.05) is 53.2 Å². The van der Waals surface area contributed by atoms with Gasteiger partial charge in [0.25, 0.3) is 0 Å². The van der Waals surface area contributed by atoms with Crippen molar-refractivity contribution >= 4 is 49.0 Å². The van der Waals surface area contributed by atoms with Crippen LogP contribution in [0.2, 0.25) is 0 Å². The van der Waals surface area contributed by atoms with Crippen molar-refractivity contribution in [1.82, 2.24) is 9.97 Å². The lowest BCUT2D eigenvalue weighted by molar-refractivity contribution is 1.14. The van der Waals surface area contributed by atoms with Gasteiger partial charge in [0, 0.05) is 20.6 Å². The Labute approximate surface area is 165 Å². The van der Waals surface area contributed by atoms with Crippen molar-refractivity contribution in [3.05, 3.63) is 69.8 Å². The van der Waals surface area contributed by atoms with E-state index in [1.807, 2.05) is 6.07 Å². The summed E-state index contributed by atoms with van der Waals surface area (Å²) < 4.78 is 1.07. The van der Waals surface area contributed by atoms with E-state index in [1.165, 1.54) is 21.6 Å². The highest BCUT2D eigenvalue weighted by Crippen LogP contribution is 2.41. The van der Waals surface area contributed by atoms with Gasteiger partial charge in [0.05, 0.1) is 5.39 Å². The van der Waals surface area contributed by atoms with Crippen LogP contribution >= 0.6 is 27.3 Å². The smallest absolute Gasteiger partial charge is 0.143 e. The van der Waals surface area contributed by atoms with E-state index in [2.05, 4.69) is 87.5 Å². The molecule has 0 fully saturated rings. The maximum atomic E-state index is 4.57. The Morgan fingerprint density at radius 2 is 1.81 bits per heavy atom. The standard InChI is InChI=1S/C21H18BrN3S/c1-3-14-6-4-5-7-17(14)25-20-19-18(15-8-10-16(22)11-9-15)13(2)26-21(19)24-12-23-20/h4-12H,3H2,1-2H3,(H,23,24,25). The van der Waals surface area contributed by atoms with Gasteiger partial charge in [0.1, 0.15) is 17.0 Å². The van der Waals surface area contributed by atoms with E-state index in [4.69, 9.17) is 0 Å². The second kappa shape index (κ2) is 7.17. The first-order valence-corrected chi connectivity index (χ1v) is 10.1. The molecule has 130 valence electrons. The SMILES string of the molecule is CCc1ccccc1Nc1ncnc2sc(C)c(-c3ccc(Br)cc3)c12. The van der Waals surface area contributed by atoms with E-state index in [-0.39, 0.29) is 0 Å². The topological polar surface area (TPSA) is 37.8 Å². The summed E-state index contributed by atoms with van der Waals surface area (Å²) in [6.07, 6.45) is 2.61. The predicted octanol–water partition coefficient (Wildman–Crippen LogP) is 6.74. The number of nitrogens with one attached hydrogen (secondary N) is 1. The number of thiophene rings is 1. The largest absolute Gasteiger partial charge is 0.339 e. The first-order valence-electron chi connectivity index (χ1n) is 8.52. The van der Waals surface area contributed by atoms with Crippen LogP contribution in [0.4, 0.5) is 11.5 Å². The molecule has 0 aliphatic rings. The fraction of sp³-hybridized carbons (Fsp3) is 0.143. The van der Waals surface area contributed by atoms with E-state index in [9.17, 15) is 0 Å². The minimum Gasteiger partial charge on any atom is -0.339 e. The molecule has 0 spiro atoms. The minimum atomic E-state index is 0.859. The molecule has 0 atom stereocenters. The molecule has 0 aliphatic carbocycles. The van der Waals surface area contributed by atoms with Gasteiger partial charge in [-0.15, -0.1) is 11.3 Å². The van der Waals surface area contributed by atoms with Crippen molar-refractivity contribution in [2.75, 3.05) is 5.32 Å². The number of aryl methyl sites for hydroxylation is 2. The highest BCUT2D eigenvalue weighted by molar-refractivity contribution is 9.10. The number of rotatable bonds is 4. The van der Waals surface area contributed by atoms with Crippen LogP contribution in [0.5, 0.6) is 0 Å². The molecule has 2 aromatic heterocycles. The Bertz CT molecular complexity index is 1070. The van der Waals surface area contributed by atoms with Gasteiger partial charge in [-0.05, 0) is 42.7 Å². The van der Waals surface area contributed by atoms with Crippen LogP contribution in [0.15, 0.2) is 59.3 Å². The average Bonchev–Trinajstić information content (AvgIpc) is 3.00. The average molecular weight is 424 g/mol. The maximum absolute atomic E-state index is 4.57. The number of aromatic nitrogens is 2. The van der Waals surface area contributed by atoms with Crippen LogP contribution in [-0.4, -0.2) is 9.97 Å². The summed E-state index contributed by atoms with van der Waals surface area (Å²) >= 11 is 5.23. The van der Waals surface area contributed by atoms with Gasteiger partial charge in [0.15, 0.2) is 0 Å². The minimum absolute atomic E-state index is 0.859. The van der Waals surface area contributed by atoms with Gasteiger partial charge in [-0.25, -0.2) is 9.97 Å². The Kier molecular flexibility index (Phi) is 4.74. The summed E-state index contributed by atoms with van der Waals surface area (Å²) in [4.78, 5) is 11.3. The van der Waals surface area contributed by atoms with Crippen molar-refractivity contribution in [2.45, 2.75) is 20.3 Å². The number of benzene rings is 2. The summed E-state index contributed by atoms with van der Waals surface area (Å²) in [6.45, 7) is 4.31. The van der Waals surface area contributed by atoms with Gasteiger partial charge in [-0.3, -0.25) is 0 Å². The van der Waals surface area contributed by atoms with Gasteiger partial charge in [-0.2, -0.15) is 0 Å². The number of anilines is 2. The molecule has 26 heavy (non-hydrogen) atoms. The number of fused-ring (bicyclic) bond motifs is 1.